The molecule has 2 heterocycles. The predicted octanol–water partition coefficient (Wildman–Crippen LogP) is -1.01. The van der Waals surface area contributed by atoms with Crippen molar-refractivity contribution in [2.45, 2.75) is 58.3 Å². The van der Waals surface area contributed by atoms with Crippen LogP contribution < -0.4 is 0 Å². The van der Waals surface area contributed by atoms with Crippen LogP contribution in [0, 0.1) is 0 Å². The highest BCUT2D eigenvalue weighted by Gasteiger charge is 2.55. The Hall–Kier alpha value is -3.28. The summed E-state index contributed by atoms with van der Waals surface area (Å²) in [7, 11) is 0. The number of ether oxygens (including phenoxy) is 5. The molecule has 12 nitrogen and oxygen atoms in total. The minimum atomic E-state index is -1.54. The first-order valence-corrected chi connectivity index (χ1v) is 8.87. The summed E-state index contributed by atoms with van der Waals surface area (Å²) in [5.41, 5.74) is 0. The van der Waals surface area contributed by atoms with Crippen LogP contribution in [-0.4, -0.2) is 77.8 Å². The number of imide groups is 1. The van der Waals surface area contributed by atoms with Crippen molar-refractivity contribution in [3.8, 4) is 0 Å². The molecule has 0 bridgehead atoms. The van der Waals surface area contributed by atoms with Gasteiger partial charge in [0.25, 0.3) is 11.8 Å². The molecule has 0 saturated carbocycles. The lowest BCUT2D eigenvalue weighted by Crippen LogP contribution is -2.67. The van der Waals surface area contributed by atoms with Crippen LogP contribution in [0.15, 0.2) is 12.2 Å². The summed E-state index contributed by atoms with van der Waals surface area (Å²) in [5, 5.41) is 0. The summed E-state index contributed by atoms with van der Waals surface area (Å²) in [6.45, 7) is 3.87. The molecule has 2 amide bonds. The standard InChI is InChI=1S/C18H21NO11/c1-8(20)26-7-12-15(27-9(2)21)16(28-10(3)22)17(29-11(4)23)18(30-12)19-13(24)5-6-14(19)25/h5-6,12,15-18H,7H2,1-4H3/t12-,15-,16+,17-,18?/m1/s1. The van der Waals surface area contributed by atoms with Crippen LogP contribution in [-0.2, 0) is 52.5 Å². The lowest BCUT2D eigenvalue weighted by atomic mass is 9.96. The number of hydrogen-bond donors (Lipinski definition) is 0. The zero-order valence-corrected chi connectivity index (χ0v) is 16.7. The van der Waals surface area contributed by atoms with Crippen molar-refractivity contribution in [2.75, 3.05) is 6.61 Å². The minimum absolute atomic E-state index is 0.460. The molecule has 0 aromatic carbocycles. The molecular formula is C18H21NO11. The third kappa shape index (κ3) is 5.41. The second-order valence-corrected chi connectivity index (χ2v) is 6.47. The van der Waals surface area contributed by atoms with Gasteiger partial charge in [-0.1, -0.05) is 0 Å². The second-order valence-electron chi connectivity index (χ2n) is 6.47. The van der Waals surface area contributed by atoms with Crippen molar-refractivity contribution in [1.82, 2.24) is 4.90 Å². The summed E-state index contributed by atoms with van der Waals surface area (Å²) >= 11 is 0. The number of amides is 2. The summed E-state index contributed by atoms with van der Waals surface area (Å²) in [6, 6.07) is 0. The summed E-state index contributed by atoms with van der Waals surface area (Å²) in [4.78, 5) is 71.4. The fourth-order valence-electron chi connectivity index (χ4n) is 3.08. The van der Waals surface area contributed by atoms with Crippen molar-refractivity contribution < 1.29 is 52.5 Å². The molecule has 1 fully saturated rings. The van der Waals surface area contributed by atoms with Crippen LogP contribution in [0.3, 0.4) is 0 Å². The molecule has 2 aliphatic rings. The van der Waals surface area contributed by atoms with E-state index in [0.717, 1.165) is 39.8 Å². The number of nitrogens with zero attached hydrogens (tertiary/aromatic N) is 1. The van der Waals surface area contributed by atoms with E-state index in [0.29, 0.717) is 4.90 Å². The van der Waals surface area contributed by atoms with Gasteiger partial charge in [-0.25, -0.2) is 4.90 Å². The highest BCUT2D eigenvalue weighted by Crippen LogP contribution is 2.32. The maximum Gasteiger partial charge on any atom is 0.303 e. The maximum absolute atomic E-state index is 12.2. The topological polar surface area (TPSA) is 152 Å². The highest BCUT2D eigenvalue weighted by molar-refractivity contribution is 6.13. The Morgan fingerprint density at radius 3 is 1.73 bits per heavy atom. The maximum atomic E-state index is 12.2. The van der Waals surface area contributed by atoms with E-state index in [4.69, 9.17) is 23.7 Å². The van der Waals surface area contributed by atoms with Gasteiger partial charge >= 0.3 is 23.9 Å². The molecule has 0 aromatic heterocycles. The molecule has 5 atom stereocenters. The lowest BCUT2D eigenvalue weighted by molar-refractivity contribution is -0.272. The van der Waals surface area contributed by atoms with Crippen LogP contribution in [0.25, 0.3) is 0 Å². The lowest BCUT2D eigenvalue weighted by Gasteiger charge is -2.46. The largest absolute Gasteiger partial charge is 0.463 e. The monoisotopic (exact) mass is 427 g/mol. The zero-order valence-electron chi connectivity index (χ0n) is 16.7. The Bertz CT molecular complexity index is 771. The van der Waals surface area contributed by atoms with Gasteiger partial charge in [0.15, 0.2) is 24.5 Å². The third-order valence-electron chi connectivity index (χ3n) is 4.06. The fourth-order valence-corrected chi connectivity index (χ4v) is 3.08. The van der Waals surface area contributed by atoms with E-state index >= 15 is 0 Å². The van der Waals surface area contributed by atoms with Crippen molar-refractivity contribution in [3.63, 3.8) is 0 Å². The Labute approximate surface area is 171 Å². The summed E-state index contributed by atoms with van der Waals surface area (Å²) in [5.74, 6) is -4.65. The predicted molar refractivity (Wildman–Crippen MR) is 92.9 cm³/mol. The quantitative estimate of drug-likeness (QED) is 0.291. The molecule has 0 radical (unpaired) electrons. The van der Waals surface area contributed by atoms with Crippen LogP contribution in [0.2, 0.25) is 0 Å². The Balaban J connectivity index is 2.51. The van der Waals surface area contributed by atoms with Gasteiger partial charge in [0.05, 0.1) is 0 Å². The Morgan fingerprint density at radius 1 is 0.800 bits per heavy atom. The van der Waals surface area contributed by atoms with Crippen molar-refractivity contribution >= 4 is 35.7 Å². The smallest absolute Gasteiger partial charge is 0.303 e. The van der Waals surface area contributed by atoms with E-state index < -0.39 is 72.9 Å². The van der Waals surface area contributed by atoms with Crippen LogP contribution >= 0.6 is 0 Å². The van der Waals surface area contributed by atoms with Gasteiger partial charge in [0.1, 0.15) is 12.7 Å². The van der Waals surface area contributed by atoms with Crippen LogP contribution in [0.4, 0.5) is 0 Å². The summed E-state index contributed by atoms with van der Waals surface area (Å²) in [6.07, 6.45) is -5.17. The molecule has 1 unspecified atom stereocenters. The molecule has 1 saturated heterocycles. The molecule has 12 heteroatoms. The van der Waals surface area contributed by atoms with E-state index in [1.807, 2.05) is 0 Å². The van der Waals surface area contributed by atoms with Gasteiger partial charge in [-0.3, -0.25) is 28.8 Å². The zero-order chi connectivity index (χ0) is 22.6. The van der Waals surface area contributed by atoms with Gasteiger partial charge in [-0.2, -0.15) is 0 Å². The molecule has 2 rings (SSSR count). The normalized spacial score (nSPS) is 28.1. The Morgan fingerprint density at radius 2 is 1.27 bits per heavy atom. The molecule has 0 aliphatic carbocycles. The number of rotatable bonds is 6. The second kappa shape index (κ2) is 9.48. The molecule has 0 aromatic rings. The average Bonchev–Trinajstić information content (AvgIpc) is 2.94. The van der Waals surface area contributed by atoms with E-state index in [1.165, 1.54) is 0 Å². The molecule has 0 N–H and O–H groups in total. The van der Waals surface area contributed by atoms with E-state index in [2.05, 4.69) is 0 Å². The van der Waals surface area contributed by atoms with Crippen molar-refractivity contribution in [3.05, 3.63) is 12.2 Å². The Kier molecular flexibility index (Phi) is 7.27. The van der Waals surface area contributed by atoms with Gasteiger partial charge in [0.2, 0.25) is 0 Å². The van der Waals surface area contributed by atoms with Crippen molar-refractivity contribution in [2.24, 2.45) is 0 Å². The SMILES string of the molecule is CC(=O)OC[C@H]1OC(N2C(=O)C=CC2=O)[C@H](OC(C)=O)[C@@H](OC(C)=O)[C@@H]1OC(C)=O. The first-order valence-electron chi connectivity index (χ1n) is 8.87. The number of hydrogen-bond acceptors (Lipinski definition) is 11. The summed E-state index contributed by atoms with van der Waals surface area (Å²) < 4.78 is 26.3. The third-order valence-corrected chi connectivity index (χ3v) is 4.06. The van der Waals surface area contributed by atoms with Gasteiger partial charge in [-0.05, 0) is 0 Å². The van der Waals surface area contributed by atoms with Crippen LogP contribution in [0.5, 0.6) is 0 Å². The molecule has 0 spiro atoms. The van der Waals surface area contributed by atoms with E-state index in [9.17, 15) is 28.8 Å². The number of esters is 4. The van der Waals surface area contributed by atoms with Crippen molar-refractivity contribution in [1.29, 1.82) is 0 Å². The van der Waals surface area contributed by atoms with Gasteiger partial charge in [-0.15, -0.1) is 0 Å². The van der Waals surface area contributed by atoms with Gasteiger partial charge < -0.3 is 23.7 Å². The van der Waals surface area contributed by atoms with E-state index in [-0.39, 0.29) is 0 Å². The number of carbonyl (C=O) groups is 6. The molecule has 164 valence electrons. The molecule has 30 heavy (non-hydrogen) atoms. The minimum Gasteiger partial charge on any atom is -0.463 e. The molecular weight excluding hydrogens is 406 g/mol. The highest BCUT2D eigenvalue weighted by atomic mass is 16.7. The number of carbonyl (C=O) groups excluding carboxylic acids is 6. The van der Waals surface area contributed by atoms with Gasteiger partial charge in [0, 0.05) is 39.8 Å². The first kappa shape index (κ1) is 23.0. The van der Waals surface area contributed by atoms with E-state index in [1.54, 1.807) is 0 Å². The molecule has 2 aliphatic heterocycles. The van der Waals surface area contributed by atoms with Crippen LogP contribution in [0.1, 0.15) is 27.7 Å². The first-order chi connectivity index (χ1) is 14.0. The average molecular weight is 427 g/mol. The fraction of sp³-hybridized carbons (Fsp3) is 0.556.